The van der Waals surface area contributed by atoms with Crippen LogP contribution in [0.4, 0.5) is 0 Å². The standard InChI is InChI=1S/C14H15Cl2NO3/c15-5-7-17(8-6-16)14(18)4-2-11-1-3-12-13(9-11)20-10-19-12/h1-4,9H,5-8,10H2/b4-2+. The van der Waals surface area contributed by atoms with Gasteiger partial charge in [-0.2, -0.15) is 0 Å². The first-order valence-corrected chi connectivity index (χ1v) is 7.30. The number of ether oxygens (including phenoxy) is 2. The van der Waals surface area contributed by atoms with Crippen LogP contribution in [0.15, 0.2) is 24.3 Å². The molecule has 0 saturated carbocycles. The molecule has 0 unspecified atom stereocenters. The number of carbonyl (C=O) groups excluding carboxylic acids is 1. The minimum Gasteiger partial charge on any atom is -0.454 e. The molecule has 1 heterocycles. The first kappa shape index (κ1) is 15.0. The molecule has 108 valence electrons. The molecule has 0 aromatic heterocycles. The average molecular weight is 316 g/mol. The van der Waals surface area contributed by atoms with Crippen molar-refractivity contribution in [1.82, 2.24) is 4.90 Å². The monoisotopic (exact) mass is 315 g/mol. The zero-order valence-electron chi connectivity index (χ0n) is 10.9. The van der Waals surface area contributed by atoms with E-state index in [4.69, 9.17) is 32.7 Å². The van der Waals surface area contributed by atoms with Gasteiger partial charge in [0.2, 0.25) is 12.7 Å². The van der Waals surface area contributed by atoms with Crippen LogP contribution in [0.5, 0.6) is 11.5 Å². The second kappa shape index (κ2) is 7.41. The predicted octanol–water partition coefficient (Wildman–Crippen LogP) is 2.73. The van der Waals surface area contributed by atoms with Gasteiger partial charge in [-0.15, -0.1) is 23.2 Å². The summed E-state index contributed by atoms with van der Waals surface area (Å²) in [4.78, 5) is 13.6. The molecule has 0 aliphatic carbocycles. The largest absolute Gasteiger partial charge is 0.454 e. The van der Waals surface area contributed by atoms with E-state index in [1.165, 1.54) is 6.08 Å². The Bertz CT molecular complexity index is 499. The lowest BCUT2D eigenvalue weighted by atomic mass is 10.2. The second-order valence-electron chi connectivity index (χ2n) is 4.15. The van der Waals surface area contributed by atoms with Crippen LogP contribution in [0.3, 0.4) is 0 Å². The fourth-order valence-corrected chi connectivity index (χ4v) is 2.23. The van der Waals surface area contributed by atoms with Crippen LogP contribution in [-0.4, -0.2) is 42.4 Å². The van der Waals surface area contributed by atoms with Gasteiger partial charge >= 0.3 is 0 Å². The topological polar surface area (TPSA) is 38.8 Å². The molecule has 0 fully saturated rings. The summed E-state index contributed by atoms with van der Waals surface area (Å²) in [5, 5.41) is 0. The Balaban J connectivity index is 2.02. The van der Waals surface area contributed by atoms with E-state index in [1.54, 1.807) is 11.0 Å². The van der Waals surface area contributed by atoms with Crippen molar-refractivity contribution in [2.45, 2.75) is 0 Å². The fourth-order valence-electron chi connectivity index (χ4n) is 1.83. The molecule has 0 saturated heterocycles. The molecule has 0 N–H and O–H groups in total. The highest BCUT2D eigenvalue weighted by atomic mass is 35.5. The smallest absolute Gasteiger partial charge is 0.246 e. The molecule has 1 aliphatic heterocycles. The van der Waals surface area contributed by atoms with Crippen LogP contribution >= 0.6 is 23.2 Å². The minimum atomic E-state index is -0.107. The molecule has 0 radical (unpaired) electrons. The van der Waals surface area contributed by atoms with Crippen LogP contribution in [0.2, 0.25) is 0 Å². The van der Waals surface area contributed by atoms with Crippen LogP contribution in [0, 0.1) is 0 Å². The Hall–Kier alpha value is -1.39. The Morgan fingerprint density at radius 3 is 2.60 bits per heavy atom. The van der Waals surface area contributed by atoms with E-state index in [0.717, 1.165) is 11.3 Å². The van der Waals surface area contributed by atoms with Crippen molar-refractivity contribution < 1.29 is 14.3 Å². The van der Waals surface area contributed by atoms with Crippen LogP contribution in [0.1, 0.15) is 5.56 Å². The summed E-state index contributed by atoms with van der Waals surface area (Å²) in [6, 6.07) is 5.52. The van der Waals surface area contributed by atoms with Crippen LogP contribution in [-0.2, 0) is 4.79 Å². The van der Waals surface area contributed by atoms with Crippen LogP contribution in [0.25, 0.3) is 6.08 Å². The Morgan fingerprint density at radius 1 is 1.20 bits per heavy atom. The lowest BCUT2D eigenvalue weighted by Gasteiger charge is -2.18. The molecule has 4 nitrogen and oxygen atoms in total. The molecule has 2 rings (SSSR count). The van der Waals surface area contributed by atoms with Crippen molar-refractivity contribution in [3.63, 3.8) is 0 Å². The predicted molar refractivity (Wildman–Crippen MR) is 79.6 cm³/mol. The normalized spacial score (nSPS) is 12.9. The molecule has 0 atom stereocenters. The summed E-state index contributed by atoms with van der Waals surface area (Å²) in [5.41, 5.74) is 0.874. The first-order chi connectivity index (χ1) is 9.74. The summed E-state index contributed by atoms with van der Waals surface area (Å²) in [6.07, 6.45) is 3.25. The summed E-state index contributed by atoms with van der Waals surface area (Å²) in [7, 11) is 0. The van der Waals surface area contributed by atoms with Crippen molar-refractivity contribution in [3.8, 4) is 11.5 Å². The lowest BCUT2D eigenvalue weighted by molar-refractivity contribution is -0.125. The molecule has 1 aliphatic rings. The molecule has 1 aromatic carbocycles. The molecular formula is C14H15Cl2NO3. The van der Waals surface area contributed by atoms with E-state index in [1.807, 2.05) is 18.2 Å². The van der Waals surface area contributed by atoms with E-state index in [9.17, 15) is 4.79 Å². The van der Waals surface area contributed by atoms with E-state index < -0.39 is 0 Å². The van der Waals surface area contributed by atoms with E-state index in [-0.39, 0.29) is 12.7 Å². The highest BCUT2D eigenvalue weighted by Gasteiger charge is 2.13. The van der Waals surface area contributed by atoms with E-state index in [0.29, 0.717) is 30.6 Å². The molecule has 0 spiro atoms. The number of carbonyl (C=O) groups is 1. The highest BCUT2D eigenvalue weighted by molar-refractivity contribution is 6.18. The number of nitrogens with zero attached hydrogens (tertiary/aromatic N) is 1. The quantitative estimate of drug-likeness (QED) is 0.598. The number of alkyl halides is 2. The number of rotatable bonds is 6. The third kappa shape index (κ3) is 3.81. The van der Waals surface area contributed by atoms with E-state index in [2.05, 4.69) is 0 Å². The Labute approximate surface area is 127 Å². The Kier molecular flexibility index (Phi) is 5.56. The molecule has 1 amide bonds. The molecule has 1 aromatic rings. The van der Waals surface area contributed by atoms with Gasteiger partial charge in [-0.1, -0.05) is 6.07 Å². The number of hydrogen-bond donors (Lipinski definition) is 0. The average Bonchev–Trinajstić information content (AvgIpc) is 2.92. The summed E-state index contributed by atoms with van der Waals surface area (Å²) in [5.74, 6) is 2.09. The summed E-state index contributed by atoms with van der Waals surface area (Å²) in [6.45, 7) is 1.21. The van der Waals surface area contributed by atoms with Gasteiger partial charge in [-0.05, 0) is 23.8 Å². The zero-order chi connectivity index (χ0) is 14.4. The van der Waals surface area contributed by atoms with Gasteiger partial charge in [-0.25, -0.2) is 0 Å². The molecule has 6 heteroatoms. The molecule has 0 bridgehead atoms. The number of hydrogen-bond acceptors (Lipinski definition) is 3. The maximum Gasteiger partial charge on any atom is 0.246 e. The zero-order valence-corrected chi connectivity index (χ0v) is 12.4. The van der Waals surface area contributed by atoms with Gasteiger partial charge in [0.1, 0.15) is 0 Å². The minimum absolute atomic E-state index is 0.107. The Morgan fingerprint density at radius 2 is 1.90 bits per heavy atom. The van der Waals surface area contributed by atoms with Crippen molar-refractivity contribution in [2.75, 3.05) is 31.6 Å². The van der Waals surface area contributed by atoms with Crippen molar-refractivity contribution in [3.05, 3.63) is 29.8 Å². The van der Waals surface area contributed by atoms with Gasteiger partial charge in [-0.3, -0.25) is 4.79 Å². The maximum absolute atomic E-state index is 12.0. The van der Waals surface area contributed by atoms with Crippen molar-refractivity contribution in [2.24, 2.45) is 0 Å². The lowest BCUT2D eigenvalue weighted by Crippen LogP contribution is -2.33. The third-order valence-corrected chi connectivity index (χ3v) is 3.17. The van der Waals surface area contributed by atoms with Gasteiger partial charge in [0.15, 0.2) is 11.5 Å². The highest BCUT2D eigenvalue weighted by Crippen LogP contribution is 2.32. The van der Waals surface area contributed by atoms with Gasteiger partial charge in [0, 0.05) is 30.9 Å². The summed E-state index contributed by atoms with van der Waals surface area (Å²) >= 11 is 11.3. The third-order valence-electron chi connectivity index (χ3n) is 2.84. The van der Waals surface area contributed by atoms with Crippen molar-refractivity contribution >= 4 is 35.2 Å². The second-order valence-corrected chi connectivity index (χ2v) is 4.91. The van der Waals surface area contributed by atoms with Gasteiger partial charge < -0.3 is 14.4 Å². The van der Waals surface area contributed by atoms with Crippen molar-refractivity contribution in [1.29, 1.82) is 0 Å². The fraction of sp³-hybridized carbons (Fsp3) is 0.357. The molecular weight excluding hydrogens is 301 g/mol. The first-order valence-electron chi connectivity index (χ1n) is 6.23. The number of amides is 1. The maximum atomic E-state index is 12.0. The SMILES string of the molecule is O=C(/C=C/c1ccc2c(c1)OCO2)N(CCCl)CCCl. The van der Waals surface area contributed by atoms with Gasteiger partial charge in [0.05, 0.1) is 0 Å². The summed E-state index contributed by atoms with van der Waals surface area (Å²) < 4.78 is 10.5. The van der Waals surface area contributed by atoms with Gasteiger partial charge in [0.25, 0.3) is 0 Å². The number of fused-ring (bicyclic) bond motifs is 1. The van der Waals surface area contributed by atoms with Crippen LogP contribution < -0.4 is 9.47 Å². The van der Waals surface area contributed by atoms with E-state index >= 15 is 0 Å². The molecule has 20 heavy (non-hydrogen) atoms. The number of benzene rings is 1. The number of halogens is 2.